The SMILES string of the molecule is CC(C)CC1(O)CCN(C(=O)c2ccc(NS(=O)(=O)c3cccc4c3OCO4)cc2)CC1. The van der Waals surface area contributed by atoms with Gasteiger partial charge in [0.1, 0.15) is 4.90 Å². The number of ether oxygens (including phenoxy) is 2. The number of fused-ring (bicyclic) bond motifs is 1. The van der Waals surface area contributed by atoms with Crippen molar-refractivity contribution in [1.82, 2.24) is 4.90 Å². The van der Waals surface area contributed by atoms with Gasteiger partial charge in [0.05, 0.1) is 5.60 Å². The quantitative estimate of drug-likeness (QED) is 0.686. The molecular formula is C23H28N2O6S. The molecule has 172 valence electrons. The number of nitrogens with one attached hydrogen (secondary N) is 1. The number of carbonyl (C=O) groups excluding carboxylic acids is 1. The van der Waals surface area contributed by atoms with Gasteiger partial charge in [-0.25, -0.2) is 8.42 Å². The summed E-state index contributed by atoms with van der Waals surface area (Å²) in [7, 11) is -3.89. The van der Waals surface area contributed by atoms with Crippen LogP contribution in [0, 0.1) is 5.92 Å². The molecule has 0 aliphatic carbocycles. The first-order valence-electron chi connectivity index (χ1n) is 10.7. The van der Waals surface area contributed by atoms with Crippen LogP contribution in [-0.2, 0) is 10.0 Å². The van der Waals surface area contributed by atoms with Crippen molar-refractivity contribution < 1.29 is 27.8 Å². The molecule has 0 unspecified atom stereocenters. The molecule has 2 N–H and O–H groups in total. The highest BCUT2D eigenvalue weighted by Crippen LogP contribution is 2.38. The lowest BCUT2D eigenvalue weighted by Crippen LogP contribution is -2.47. The Morgan fingerprint density at radius 3 is 2.47 bits per heavy atom. The van der Waals surface area contributed by atoms with Crippen LogP contribution in [0.5, 0.6) is 11.5 Å². The fraction of sp³-hybridized carbons (Fsp3) is 0.435. The number of hydrogen-bond acceptors (Lipinski definition) is 6. The molecule has 0 atom stereocenters. The van der Waals surface area contributed by atoms with Gasteiger partial charge in [-0.2, -0.15) is 0 Å². The van der Waals surface area contributed by atoms with Crippen LogP contribution in [0.2, 0.25) is 0 Å². The number of carbonyl (C=O) groups is 1. The summed E-state index contributed by atoms with van der Waals surface area (Å²) in [5.74, 6) is 0.844. The van der Waals surface area contributed by atoms with Gasteiger partial charge in [-0.15, -0.1) is 0 Å². The average molecular weight is 461 g/mol. The Bertz CT molecular complexity index is 1090. The number of anilines is 1. The second-order valence-electron chi connectivity index (χ2n) is 8.79. The van der Waals surface area contributed by atoms with Gasteiger partial charge in [-0.3, -0.25) is 9.52 Å². The van der Waals surface area contributed by atoms with Gasteiger partial charge < -0.3 is 19.5 Å². The molecule has 2 heterocycles. The predicted octanol–water partition coefficient (Wildman–Crippen LogP) is 3.23. The van der Waals surface area contributed by atoms with E-state index in [1.165, 1.54) is 6.07 Å². The molecule has 2 aliphatic rings. The number of piperidine rings is 1. The third kappa shape index (κ3) is 4.68. The largest absolute Gasteiger partial charge is 0.454 e. The lowest BCUT2D eigenvalue weighted by atomic mass is 9.84. The van der Waals surface area contributed by atoms with Crippen LogP contribution in [0.1, 0.15) is 43.5 Å². The van der Waals surface area contributed by atoms with E-state index in [0.29, 0.717) is 48.8 Å². The molecule has 9 heteroatoms. The molecule has 2 aromatic carbocycles. The van der Waals surface area contributed by atoms with Gasteiger partial charge in [0, 0.05) is 24.3 Å². The van der Waals surface area contributed by atoms with Crippen LogP contribution in [0.3, 0.4) is 0 Å². The maximum atomic E-state index is 12.9. The normalized spacial score (nSPS) is 17.4. The summed E-state index contributed by atoms with van der Waals surface area (Å²) in [4.78, 5) is 14.6. The van der Waals surface area contributed by atoms with E-state index >= 15 is 0 Å². The summed E-state index contributed by atoms with van der Waals surface area (Å²) >= 11 is 0. The fourth-order valence-electron chi connectivity index (χ4n) is 4.28. The van der Waals surface area contributed by atoms with Crippen LogP contribution in [0.4, 0.5) is 5.69 Å². The van der Waals surface area contributed by atoms with Crippen LogP contribution >= 0.6 is 0 Å². The number of hydrogen-bond donors (Lipinski definition) is 2. The highest BCUT2D eigenvalue weighted by molar-refractivity contribution is 7.92. The second kappa shape index (κ2) is 8.63. The molecule has 8 nitrogen and oxygen atoms in total. The molecule has 2 aromatic rings. The molecule has 0 saturated carbocycles. The van der Waals surface area contributed by atoms with Gasteiger partial charge in [-0.1, -0.05) is 19.9 Å². The maximum absolute atomic E-state index is 12.9. The van der Waals surface area contributed by atoms with Crippen molar-refractivity contribution in [3.63, 3.8) is 0 Å². The monoisotopic (exact) mass is 460 g/mol. The van der Waals surface area contributed by atoms with E-state index in [-0.39, 0.29) is 23.3 Å². The fourth-order valence-corrected chi connectivity index (χ4v) is 5.50. The van der Waals surface area contributed by atoms with Crippen molar-refractivity contribution in [3.8, 4) is 11.5 Å². The van der Waals surface area contributed by atoms with E-state index in [1.807, 2.05) is 0 Å². The number of aliphatic hydroxyl groups is 1. The van der Waals surface area contributed by atoms with Gasteiger partial charge in [-0.05, 0) is 61.6 Å². The lowest BCUT2D eigenvalue weighted by Gasteiger charge is -2.39. The first-order chi connectivity index (χ1) is 15.2. The highest BCUT2D eigenvalue weighted by atomic mass is 32.2. The van der Waals surface area contributed by atoms with Crippen LogP contribution < -0.4 is 14.2 Å². The number of benzene rings is 2. The number of amides is 1. The van der Waals surface area contributed by atoms with Crippen molar-refractivity contribution in [1.29, 1.82) is 0 Å². The molecule has 2 aliphatic heterocycles. The van der Waals surface area contributed by atoms with Crippen molar-refractivity contribution in [2.45, 2.75) is 43.6 Å². The minimum Gasteiger partial charge on any atom is -0.454 e. The Morgan fingerprint density at radius 1 is 1.12 bits per heavy atom. The zero-order chi connectivity index (χ0) is 22.9. The number of likely N-dealkylation sites (tertiary alicyclic amines) is 1. The lowest BCUT2D eigenvalue weighted by molar-refractivity contribution is -0.0311. The first kappa shape index (κ1) is 22.4. The zero-order valence-electron chi connectivity index (χ0n) is 18.2. The second-order valence-corrected chi connectivity index (χ2v) is 10.4. The number of nitrogens with zero attached hydrogens (tertiary/aromatic N) is 1. The molecule has 1 fully saturated rings. The summed E-state index contributed by atoms with van der Waals surface area (Å²) in [6, 6.07) is 11.0. The Labute approximate surface area is 188 Å². The Hall–Kier alpha value is -2.78. The highest BCUT2D eigenvalue weighted by Gasteiger charge is 2.34. The third-order valence-electron chi connectivity index (χ3n) is 5.80. The Kier molecular flexibility index (Phi) is 6.05. The van der Waals surface area contributed by atoms with E-state index in [4.69, 9.17) is 9.47 Å². The standard InChI is InChI=1S/C23H28N2O6S/c1-16(2)14-23(27)10-12-25(13-11-23)22(26)17-6-8-18(9-7-17)24-32(28,29)20-5-3-4-19-21(20)31-15-30-19/h3-9,16,24,27H,10-15H2,1-2H3. The van der Waals surface area contributed by atoms with Gasteiger partial charge >= 0.3 is 0 Å². The van der Waals surface area contributed by atoms with Crippen molar-refractivity contribution in [2.24, 2.45) is 5.92 Å². The topological polar surface area (TPSA) is 105 Å². The molecule has 32 heavy (non-hydrogen) atoms. The van der Waals surface area contributed by atoms with E-state index in [2.05, 4.69) is 18.6 Å². The van der Waals surface area contributed by atoms with E-state index < -0.39 is 15.6 Å². The minimum atomic E-state index is -3.89. The van der Waals surface area contributed by atoms with Crippen molar-refractivity contribution >= 4 is 21.6 Å². The molecule has 1 saturated heterocycles. The summed E-state index contributed by atoms with van der Waals surface area (Å²) in [6.45, 7) is 5.13. The van der Waals surface area contributed by atoms with E-state index in [1.54, 1.807) is 41.3 Å². The Balaban J connectivity index is 1.42. The number of rotatable bonds is 6. The zero-order valence-corrected chi connectivity index (χ0v) is 19.0. The van der Waals surface area contributed by atoms with E-state index in [9.17, 15) is 18.3 Å². The summed E-state index contributed by atoms with van der Waals surface area (Å²) in [6.07, 6.45) is 1.84. The molecule has 0 aromatic heterocycles. The smallest absolute Gasteiger partial charge is 0.265 e. The van der Waals surface area contributed by atoms with Crippen LogP contribution in [-0.4, -0.2) is 49.8 Å². The molecule has 0 spiro atoms. The predicted molar refractivity (Wildman–Crippen MR) is 119 cm³/mol. The number of sulfonamides is 1. The van der Waals surface area contributed by atoms with Crippen molar-refractivity contribution in [3.05, 3.63) is 48.0 Å². The van der Waals surface area contributed by atoms with Crippen LogP contribution in [0.15, 0.2) is 47.4 Å². The summed E-state index contributed by atoms with van der Waals surface area (Å²) in [5.41, 5.74) is 0.0991. The van der Waals surface area contributed by atoms with E-state index in [0.717, 1.165) is 6.42 Å². The average Bonchev–Trinajstić information content (AvgIpc) is 3.22. The summed E-state index contributed by atoms with van der Waals surface area (Å²) in [5, 5.41) is 10.7. The molecular weight excluding hydrogens is 432 g/mol. The Morgan fingerprint density at radius 2 is 1.81 bits per heavy atom. The molecule has 1 amide bonds. The van der Waals surface area contributed by atoms with Crippen LogP contribution in [0.25, 0.3) is 0 Å². The summed E-state index contributed by atoms with van der Waals surface area (Å²) < 4.78 is 38.7. The van der Waals surface area contributed by atoms with Gasteiger partial charge in [0.2, 0.25) is 6.79 Å². The molecule has 0 radical (unpaired) electrons. The molecule has 0 bridgehead atoms. The van der Waals surface area contributed by atoms with Gasteiger partial charge in [0.25, 0.3) is 15.9 Å². The molecule has 4 rings (SSSR count). The number of para-hydroxylation sites is 1. The first-order valence-corrected chi connectivity index (χ1v) is 12.2. The van der Waals surface area contributed by atoms with Gasteiger partial charge in [0.15, 0.2) is 11.5 Å². The van der Waals surface area contributed by atoms with Crippen molar-refractivity contribution in [2.75, 3.05) is 24.6 Å². The minimum absolute atomic E-state index is 0.00476. The third-order valence-corrected chi connectivity index (χ3v) is 7.21. The maximum Gasteiger partial charge on any atom is 0.265 e.